The van der Waals surface area contributed by atoms with Crippen LogP contribution in [0.3, 0.4) is 0 Å². The second kappa shape index (κ2) is 15.8. The van der Waals surface area contributed by atoms with Gasteiger partial charge in [-0.3, -0.25) is 4.79 Å². The molecule has 3 aromatic carbocycles. The minimum Gasteiger partial charge on any atom is -0.497 e. The molecular formula is C34H45FNO5S+. The highest BCUT2D eigenvalue weighted by molar-refractivity contribution is 7.93. The maximum Gasteiger partial charge on any atom is 0.224 e. The van der Waals surface area contributed by atoms with Crippen LogP contribution in [0.1, 0.15) is 54.0 Å². The van der Waals surface area contributed by atoms with Gasteiger partial charge in [0.25, 0.3) is 0 Å². The van der Waals surface area contributed by atoms with Crippen LogP contribution in [0.4, 0.5) is 10.1 Å². The molecular weight excluding hydrogens is 553 g/mol. The Kier molecular flexibility index (Phi) is 12.6. The first-order valence-corrected chi connectivity index (χ1v) is 15.7. The van der Waals surface area contributed by atoms with Crippen LogP contribution in [0.5, 0.6) is 23.0 Å². The Morgan fingerprint density at radius 3 is 2.12 bits per heavy atom. The van der Waals surface area contributed by atoms with E-state index in [0.29, 0.717) is 69.8 Å². The summed E-state index contributed by atoms with van der Waals surface area (Å²) in [5.74, 6) is 2.44. The lowest BCUT2D eigenvalue weighted by atomic mass is 10.0. The van der Waals surface area contributed by atoms with Gasteiger partial charge in [0.05, 0.1) is 19.3 Å². The van der Waals surface area contributed by atoms with Crippen molar-refractivity contribution in [2.24, 2.45) is 11.8 Å². The highest BCUT2D eigenvalue weighted by Gasteiger charge is 2.40. The summed E-state index contributed by atoms with van der Waals surface area (Å²) in [6.07, 6.45) is 0. The van der Waals surface area contributed by atoms with Crippen molar-refractivity contribution in [3.63, 3.8) is 0 Å². The van der Waals surface area contributed by atoms with Crippen LogP contribution in [0, 0.1) is 17.7 Å². The average molecular weight is 599 g/mol. The topological polar surface area (TPSA) is 57.2 Å². The summed E-state index contributed by atoms with van der Waals surface area (Å²) in [4.78, 5) is 14.4. The summed E-state index contributed by atoms with van der Waals surface area (Å²) >= 11 is -0.207. The number of hydrogen-bond donors (Lipinski definition) is 0. The van der Waals surface area contributed by atoms with Crippen LogP contribution in [0.25, 0.3) is 0 Å². The lowest BCUT2D eigenvalue weighted by molar-refractivity contribution is -0.116. The van der Waals surface area contributed by atoms with E-state index in [1.54, 1.807) is 19.2 Å². The summed E-state index contributed by atoms with van der Waals surface area (Å²) in [7, 11) is 1.58. The molecule has 42 heavy (non-hydrogen) atoms. The molecule has 0 aliphatic heterocycles. The Morgan fingerprint density at radius 2 is 1.52 bits per heavy atom. The largest absolute Gasteiger partial charge is 0.497 e. The number of para-hydroxylation sites is 1. The minimum atomic E-state index is -0.474. The molecule has 0 heterocycles. The van der Waals surface area contributed by atoms with Gasteiger partial charge in [-0.25, -0.2) is 4.39 Å². The van der Waals surface area contributed by atoms with Gasteiger partial charge in [0, 0.05) is 30.4 Å². The molecule has 0 aromatic heterocycles. The number of rotatable bonds is 15. The van der Waals surface area contributed by atoms with E-state index < -0.39 is 5.82 Å². The monoisotopic (exact) mass is 598 g/mol. The SMILES string of the molecule is COc1ccc(OCCO[S+](C(C)C)C(C(C)C)C(C)C)c(CN(C(C)=O)c2cc(F)ccc2Oc2ccccc2)c1. The second-order valence-corrected chi connectivity index (χ2v) is 13.5. The van der Waals surface area contributed by atoms with Crippen LogP contribution in [0.2, 0.25) is 0 Å². The van der Waals surface area contributed by atoms with E-state index in [1.807, 2.05) is 36.4 Å². The molecule has 0 saturated carbocycles. The number of hydrogen-bond acceptors (Lipinski definition) is 5. The van der Waals surface area contributed by atoms with E-state index in [2.05, 4.69) is 41.5 Å². The normalized spacial score (nSPS) is 12.2. The number of anilines is 1. The maximum absolute atomic E-state index is 14.5. The number of methoxy groups -OCH3 is 1. The van der Waals surface area contributed by atoms with Crippen LogP contribution in [-0.4, -0.2) is 36.7 Å². The molecule has 0 radical (unpaired) electrons. The van der Waals surface area contributed by atoms with Gasteiger partial charge < -0.3 is 19.1 Å². The number of ether oxygens (including phenoxy) is 3. The molecule has 3 aromatic rings. The van der Waals surface area contributed by atoms with E-state index in [9.17, 15) is 9.18 Å². The summed E-state index contributed by atoms with van der Waals surface area (Å²) < 4.78 is 38.6. The molecule has 0 aliphatic rings. The zero-order chi connectivity index (χ0) is 30.8. The smallest absolute Gasteiger partial charge is 0.224 e. The molecule has 0 N–H and O–H groups in total. The van der Waals surface area contributed by atoms with E-state index in [0.717, 1.165) is 0 Å². The maximum atomic E-state index is 14.5. The van der Waals surface area contributed by atoms with Crippen LogP contribution in [-0.2, 0) is 26.7 Å². The Hall–Kier alpha value is -3.23. The number of carbonyl (C=O) groups is 1. The summed E-state index contributed by atoms with van der Waals surface area (Å²) in [5, 5.41) is 0.864. The van der Waals surface area contributed by atoms with E-state index in [4.69, 9.17) is 18.4 Å². The molecule has 0 aliphatic carbocycles. The fourth-order valence-corrected chi connectivity index (χ4v) is 7.40. The fourth-order valence-electron chi connectivity index (χ4n) is 5.00. The van der Waals surface area contributed by atoms with Gasteiger partial charge in [0.15, 0.2) is 22.2 Å². The first kappa shape index (κ1) is 33.3. The van der Waals surface area contributed by atoms with Gasteiger partial charge in [-0.05, 0) is 56.3 Å². The molecule has 0 spiro atoms. The van der Waals surface area contributed by atoms with Crippen LogP contribution >= 0.6 is 0 Å². The predicted octanol–water partition coefficient (Wildman–Crippen LogP) is 8.20. The summed E-state index contributed by atoms with van der Waals surface area (Å²) in [6.45, 7) is 15.8. The lowest BCUT2D eigenvalue weighted by Crippen LogP contribution is -2.39. The van der Waals surface area contributed by atoms with Crippen molar-refractivity contribution in [2.45, 2.75) is 65.5 Å². The third-order valence-electron chi connectivity index (χ3n) is 6.77. The van der Waals surface area contributed by atoms with Crippen molar-refractivity contribution >= 4 is 22.8 Å². The molecule has 0 saturated heterocycles. The Bertz CT molecular complexity index is 1280. The molecule has 1 unspecified atom stereocenters. The number of halogens is 1. The Labute approximate surface area is 253 Å². The van der Waals surface area contributed by atoms with Gasteiger partial charge in [0.2, 0.25) is 5.91 Å². The summed E-state index contributed by atoms with van der Waals surface area (Å²) in [6, 6.07) is 18.8. The van der Waals surface area contributed by atoms with Gasteiger partial charge in [-0.2, -0.15) is 4.18 Å². The zero-order valence-corrected chi connectivity index (χ0v) is 26.9. The van der Waals surface area contributed by atoms with Crippen LogP contribution < -0.4 is 19.1 Å². The molecule has 3 rings (SSSR count). The van der Waals surface area contributed by atoms with Gasteiger partial charge in [-0.15, -0.1) is 0 Å². The van der Waals surface area contributed by atoms with Crippen molar-refractivity contribution in [3.05, 3.63) is 78.1 Å². The first-order chi connectivity index (χ1) is 20.0. The predicted molar refractivity (Wildman–Crippen MR) is 170 cm³/mol. The van der Waals surface area contributed by atoms with E-state index in [-0.39, 0.29) is 23.6 Å². The third-order valence-corrected chi connectivity index (χ3v) is 9.76. The lowest BCUT2D eigenvalue weighted by Gasteiger charge is -2.26. The third kappa shape index (κ3) is 9.13. The Morgan fingerprint density at radius 1 is 0.857 bits per heavy atom. The number of benzene rings is 3. The van der Waals surface area contributed by atoms with Crippen molar-refractivity contribution < 1.29 is 27.6 Å². The molecule has 0 fully saturated rings. The number of amides is 1. The average Bonchev–Trinajstić information content (AvgIpc) is 2.94. The highest BCUT2D eigenvalue weighted by Crippen LogP contribution is 2.36. The van der Waals surface area contributed by atoms with Crippen molar-refractivity contribution in [2.75, 3.05) is 25.2 Å². The molecule has 228 valence electrons. The first-order valence-electron chi connectivity index (χ1n) is 14.5. The standard InChI is InChI=1S/C34H45FNO5S/c1-23(2)34(24(3)4)42(25(5)6)40-19-18-39-32-17-15-30(38-8)20-27(32)22-36(26(7)37)31-21-28(35)14-16-33(31)41-29-12-10-9-11-13-29/h9-17,20-21,23-25,34H,18-19,22H2,1-8H3/q+1. The molecule has 8 heteroatoms. The second-order valence-electron chi connectivity index (χ2n) is 11.1. The van der Waals surface area contributed by atoms with Crippen LogP contribution in [0.15, 0.2) is 66.7 Å². The van der Waals surface area contributed by atoms with E-state index >= 15 is 0 Å². The minimum absolute atomic E-state index is 0.121. The summed E-state index contributed by atoms with van der Waals surface area (Å²) in [5.41, 5.74) is 1.03. The van der Waals surface area contributed by atoms with Crippen molar-refractivity contribution in [1.82, 2.24) is 0 Å². The van der Waals surface area contributed by atoms with Gasteiger partial charge in [-0.1, -0.05) is 45.9 Å². The highest BCUT2D eigenvalue weighted by atomic mass is 32.2. The van der Waals surface area contributed by atoms with E-state index in [1.165, 1.54) is 30.0 Å². The van der Waals surface area contributed by atoms with Gasteiger partial charge in [0.1, 0.15) is 41.5 Å². The number of nitrogens with zero attached hydrogens (tertiary/aromatic N) is 1. The van der Waals surface area contributed by atoms with Gasteiger partial charge >= 0.3 is 0 Å². The zero-order valence-electron chi connectivity index (χ0n) is 26.1. The quantitative estimate of drug-likeness (QED) is 0.130. The fraction of sp³-hybridized carbons (Fsp3) is 0.441. The number of carbonyl (C=O) groups excluding carboxylic acids is 1. The Balaban J connectivity index is 1.83. The molecule has 1 amide bonds. The van der Waals surface area contributed by atoms with Crippen molar-refractivity contribution in [3.8, 4) is 23.0 Å². The van der Waals surface area contributed by atoms with Crippen molar-refractivity contribution in [1.29, 1.82) is 0 Å². The molecule has 0 bridgehead atoms. The molecule has 6 nitrogen and oxygen atoms in total. The molecule has 1 atom stereocenters.